The number of hydrogen-bond donors (Lipinski definition) is 1. The van der Waals surface area contributed by atoms with Crippen LogP contribution in [0.1, 0.15) is 16.7 Å². The highest BCUT2D eigenvalue weighted by Crippen LogP contribution is 2.38. The average molecular weight is 449 g/mol. The number of nitro groups is 1. The molecule has 9 heteroatoms. The molecule has 0 aromatic heterocycles. The number of amides is 2. The molecule has 1 aliphatic rings. The number of aryl methyl sites for hydroxylation is 1. The molecule has 2 amide bonds. The number of rotatable bonds is 4. The first-order valence-electron chi connectivity index (χ1n) is 7.74. The Balaban J connectivity index is 1.90. The fourth-order valence-corrected chi connectivity index (χ4v) is 3.77. The van der Waals surface area contributed by atoms with Crippen molar-refractivity contribution in [3.8, 4) is 5.75 Å². The minimum absolute atomic E-state index is 0.0805. The number of imide groups is 1. The van der Waals surface area contributed by atoms with Gasteiger partial charge in [0.2, 0.25) is 0 Å². The Hall–Kier alpha value is -2.65. The summed E-state index contributed by atoms with van der Waals surface area (Å²) in [5.41, 5.74) is 1.71. The number of non-ortho nitro benzene ring substituents is 1. The topological polar surface area (TPSA) is 101 Å². The van der Waals surface area contributed by atoms with Crippen LogP contribution in [0.2, 0.25) is 0 Å². The van der Waals surface area contributed by atoms with Crippen molar-refractivity contribution >= 4 is 50.6 Å². The van der Waals surface area contributed by atoms with E-state index in [9.17, 15) is 24.8 Å². The Labute approximate surface area is 167 Å². The zero-order valence-electron chi connectivity index (χ0n) is 14.0. The Morgan fingerprint density at radius 2 is 1.93 bits per heavy atom. The highest BCUT2D eigenvalue weighted by Gasteiger charge is 2.35. The predicted octanol–water partition coefficient (Wildman–Crippen LogP) is 4.61. The molecule has 1 N–H and O–H groups in total. The third-order valence-electron chi connectivity index (χ3n) is 3.91. The molecule has 1 aliphatic heterocycles. The van der Waals surface area contributed by atoms with Crippen LogP contribution in [0.25, 0.3) is 6.08 Å². The molecule has 7 nitrogen and oxygen atoms in total. The van der Waals surface area contributed by atoms with Gasteiger partial charge in [0, 0.05) is 17.7 Å². The van der Waals surface area contributed by atoms with Crippen LogP contribution in [0.5, 0.6) is 5.75 Å². The van der Waals surface area contributed by atoms with Crippen molar-refractivity contribution in [1.82, 2.24) is 4.90 Å². The maximum atomic E-state index is 12.6. The molecule has 0 unspecified atom stereocenters. The predicted molar refractivity (Wildman–Crippen MR) is 105 cm³/mol. The number of hydrogen-bond acceptors (Lipinski definition) is 6. The Morgan fingerprint density at radius 1 is 1.26 bits per heavy atom. The van der Waals surface area contributed by atoms with Crippen molar-refractivity contribution in [2.45, 2.75) is 13.5 Å². The van der Waals surface area contributed by atoms with E-state index in [1.54, 1.807) is 0 Å². The number of nitrogens with zero attached hydrogens (tertiary/aromatic N) is 2. The van der Waals surface area contributed by atoms with Crippen molar-refractivity contribution in [2.75, 3.05) is 0 Å². The quantitative estimate of drug-likeness (QED) is 0.416. The van der Waals surface area contributed by atoms with Gasteiger partial charge < -0.3 is 5.11 Å². The van der Waals surface area contributed by atoms with E-state index in [0.29, 0.717) is 0 Å². The molecule has 2 aromatic carbocycles. The molecule has 3 rings (SSSR count). The van der Waals surface area contributed by atoms with Crippen LogP contribution >= 0.6 is 27.7 Å². The summed E-state index contributed by atoms with van der Waals surface area (Å²) < 4.78 is 0.127. The molecule has 0 saturated carbocycles. The van der Waals surface area contributed by atoms with E-state index in [0.717, 1.165) is 39.9 Å². The van der Waals surface area contributed by atoms with E-state index >= 15 is 0 Å². The Morgan fingerprint density at radius 3 is 2.56 bits per heavy atom. The largest absolute Gasteiger partial charge is 0.506 e. The lowest BCUT2D eigenvalue weighted by molar-refractivity contribution is -0.385. The zero-order valence-corrected chi connectivity index (χ0v) is 16.4. The summed E-state index contributed by atoms with van der Waals surface area (Å²) in [6, 6.07) is 9.77. The van der Waals surface area contributed by atoms with Crippen LogP contribution in [-0.2, 0) is 11.3 Å². The molecule has 0 aliphatic carbocycles. The van der Waals surface area contributed by atoms with Crippen molar-refractivity contribution in [3.63, 3.8) is 0 Å². The van der Waals surface area contributed by atoms with Gasteiger partial charge in [0.15, 0.2) is 0 Å². The van der Waals surface area contributed by atoms with E-state index in [1.165, 1.54) is 6.08 Å². The molecule has 1 heterocycles. The van der Waals surface area contributed by atoms with Crippen molar-refractivity contribution in [3.05, 3.63) is 72.6 Å². The monoisotopic (exact) mass is 448 g/mol. The van der Waals surface area contributed by atoms with Gasteiger partial charge in [0.05, 0.1) is 20.8 Å². The van der Waals surface area contributed by atoms with E-state index in [2.05, 4.69) is 15.9 Å². The van der Waals surface area contributed by atoms with E-state index in [-0.39, 0.29) is 32.9 Å². The first-order chi connectivity index (χ1) is 12.8. The van der Waals surface area contributed by atoms with Crippen LogP contribution < -0.4 is 0 Å². The molecular formula is C18H13BrN2O5S. The van der Waals surface area contributed by atoms with Gasteiger partial charge in [-0.1, -0.05) is 29.8 Å². The summed E-state index contributed by atoms with van der Waals surface area (Å²) in [6.07, 6.45) is 1.28. The Bertz CT molecular complexity index is 988. The van der Waals surface area contributed by atoms with Gasteiger partial charge in [0.1, 0.15) is 5.75 Å². The molecule has 27 heavy (non-hydrogen) atoms. The second-order valence-electron chi connectivity index (χ2n) is 5.88. The maximum Gasteiger partial charge on any atom is 0.293 e. The van der Waals surface area contributed by atoms with Crippen LogP contribution in [0.4, 0.5) is 10.5 Å². The maximum absolute atomic E-state index is 12.6. The summed E-state index contributed by atoms with van der Waals surface area (Å²) in [6.45, 7) is 2.07. The lowest BCUT2D eigenvalue weighted by Crippen LogP contribution is -2.27. The molecule has 1 saturated heterocycles. The third-order valence-corrected chi connectivity index (χ3v) is 5.42. The number of phenolic OH excluding ortho intramolecular Hbond substituents is 1. The number of phenols is 1. The van der Waals surface area contributed by atoms with Crippen molar-refractivity contribution in [1.29, 1.82) is 0 Å². The number of nitro benzene ring substituents is 1. The number of benzene rings is 2. The minimum atomic E-state index is -0.606. The standard InChI is InChI=1S/C18H13BrN2O5S/c1-10-2-4-11(5-3-10)9-20-17(23)15(27-18(20)24)7-12-6-13(21(25)26)8-14(19)16(12)22/h2-8,22H,9H2,1H3/b15-7-. The fourth-order valence-electron chi connectivity index (χ4n) is 2.47. The van der Waals surface area contributed by atoms with Crippen molar-refractivity contribution < 1.29 is 19.6 Å². The Kier molecular flexibility index (Phi) is 5.33. The lowest BCUT2D eigenvalue weighted by atomic mass is 10.1. The fraction of sp³-hybridized carbons (Fsp3) is 0.111. The summed E-state index contributed by atoms with van der Waals surface area (Å²) >= 11 is 3.78. The average Bonchev–Trinajstić information content (AvgIpc) is 2.88. The zero-order chi connectivity index (χ0) is 19.7. The normalized spacial score (nSPS) is 15.6. The van der Waals surface area contributed by atoms with E-state index < -0.39 is 16.1 Å². The summed E-state index contributed by atoms with van der Waals surface area (Å²) in [7, 11) is 0. The van der Waals surface area contributed by atoms with E-state index in [1.807, 2.05) is 31.2 Å². The van der Waals surface area contributed by atoms with Gasteiger partial charge in [-0.15, -0.1) is 0 Å². The van der Waals surface area contributed by atoms with Crippen LogP contribution in [0.3, 0.4) is 0 Å². The first kappa shape index (κ1) is 19.1. The van der Waals surface area contributed by atoms with Gasteiger partial charge in [-0.3, -0.25) is 24.6 Å². The molecule has 0 atom stereocenters. The number of carbonyl (C=O) groups excluding carboxylic acids is 2. The van der Waals surface area contributed by atoms with Crippen LogP contribution in [0, 0.1) is 17.0 Å². The first-order valence-corrected chi connectivity index (χ1v) is 9.35. The number of aromatic hydroxyl groups is 1. The summed E-state index contributed by atoms with van der Waals surface area (Å²) in [5.74, 6) is -0.751. The van der Waals surface area contributed by atoms with Crippen LogP contribution in [0.15, 0.2) is 45.8 Å². The molecule has 2 aromatic rings. The van der Waals surface area contributed by atoms with E-state index in [4.69, 9.17) is 0 Å². The number of halogens is 1. The highest BCUT2D eigenvalue weighted by atomic mass is 79.9. The SMILES string of the molecule is Cc1ccc(CN2C(=O)S/C(=C\c3cc([N+](=O)[O-])cc(Br)c3O)C2=O)cc1. The second kappa shape index (κ2) is 7.53. The molecule has 0 radical (unpaired) electrons. The molecule has 0 spiro atoms. The minimum Gasteiger partial charge on any atom is -0.506 e. The number of thioether (sulfide) groups is 1. The summed E-state index contributed by atoms with van der Waals surface area (Å²) in [5, 5.41) is 20.7. The van der Waals surface area contributed by atoms with Crippen molar-refractivity contribution in [2.24, 2.45) is 0 Å². The van der Waals surface area contributed by atoms with Gasteiger partial charge in [-0.05, 0) is 46.3 Å². The molecular weight excluding hydrogens is 436 g/mol. The van der Waals surface area contributed by atoms with Gasteiger partial charge in [-0.2, -0.15) is 0 Å². The molecule has 1 fully saturated rings. The second-order valence-corrected chi connectivity index (χ2v) is 7.72. The molecule has 138 valence electrons. The third kappa shape index (κ3) is 4.04. The summed E-state index contributed by atoms with van der Waals surface area (Å²) in [4.78, 5) is 36.4. The smallest absolute Gasteiger partial charge is 0.293 e. The van der Waals surface area contributed by atoms with Gasteiger partial charge >= 0.3 is 0 Å². The lowest BCUT2D eigenvalue weighted by Gasteiger charge is -2.12. The van der Waals surface area contributed by atoms with Gasteiger partial charge in [0.25, 0.3) is 16.8 Å². The highest BCUT2D eigenvalue weighted by molar-refractivity contribution is 9.10. The number of carbonyl (C=O) groups is 2. The molecule has 0 bridgehead atoms. The van der Waals surface area contributed by atoms with Crippen LogP contribution in [-0.4, -0.2) is 26.1 Å². The van der Waals surface area contributed by atoms with Gasteiger partial charge in [-0.25, -0.2) is 0 Å².